The van der Waals surface area contributed by atoms with Gasteiger partial charge in [0.15, 0.2) is 0 Å². The fraction of sp³-hybridized carbons (Fsp3) is 0.0159. The molecule has 0 atom stereocenters. The maximum Gasteiger partial charge on any atom is 0.143 e. The Morgan fingerprint density at radius 2 is 0.846 bits per heavy atom. The first-order valence-corrected chi connectivity index (χ1v) is 22.4. The number of hydrogen-bond acceptors (Lipinski definition) is 2. The summed E-state index contributed by atoms with van der Waals surface area (Å²) in [5.74, 6) is 0. The first-order chi connectivity index (χ1) is 32.2. The molecule has 0 aliphatic rings. The fourth-order valence-corrected chi connectivity index (χ4v) is 9.76. The molecular formula is C63H43NO. The highest BCUT2D eigenvalue weighted by Crippen LogP contribution is 2.44. The standard InChI is InChI=1S/C63H43NO/c1-3-16-43(17-4-1)44-30-32-45(33-31-44)46-34-37-51(38-35-46)64(42-50-21-8-10-23-53(50)58-27-15-28-59-57-26-13-14-29-62(57)65-63(58)59)61-41-49(36-39-54(61)47-18-5-2-6-19-47)60-40-48-20-7-9-22-52(48)55-24-11-12-25-56(55)60/h1-41H,42H2. The molecule has 0 aliphatic heterocycles. The highest BCUT2D eigenvalue weighted by molar-refractivity contribution is 6.14. The number of furan rings is 1. The average Bonchev–Trinajstić information content (AvgIpc) is 3.78. The fourth-order valence-electron chi connectivity index (χ4n) is 9.76. The van der Waals surface area contributed by atoms with Gasteiger partial charge in [0.25, 0.3) is 0 Å². The van der Waals surface area contributed by atoms with Gasteiger partial charge in [0.1, 0.15) is 11.2 Å². The minimum absolute atomic E-state index is 0.611. The molecule has 0 radical (unpaired) electrons. The molecule has 0 unspecified atom stereocenters. The SMILES string of the molecule is c1ccc(-c2ccc(-c3ccc(N(Cc4ccccc4-c4cccc5c4oc4ccccc45)c4cc(-c5cc6ccccc6c6ccccc56)ccc4-c4ccccc4)cc3)cc2)cc1. The molecule has 0 fully saturated rings. The molecule has 11 aromatic carbocycles. The number of hydrogen-bond donors (Lipinski definition) is 0. The Hall–Kier alpha value is -8.46. The summed E-state index contributed by atoms with van der Waals surface area (Å²) in [6, 6.07) is 90.0. The monoisotopic (exact) mass is 829 g/mol. The first-order valence-electron chi connectivity index (χ1n) is 22.4. The largest absolute Gasteiger partial charge is 0.455 e. The van der Waals surface area contributed by atoms with Crippen molar-refractivity contribution in [1.82, 2.24) is 0 Å². The molecule has 306 valence electrons. The van der Waals surface area contributed by atoms with E-state index < -0.39 is 0 Å². The Labute approximate surface area is 378 Å². The zero-order chi connectivity index (χ0) is 43.1. The minimum atomic E-state index is 0.611. The van der Waals surface area contributed by atoms with Gasteiger partial charge in [-0.25, -0.2) is 0 Å². The zero-order valence-electron chi connectivity index (χ0n) is 35.7. The molecule has 0 saturated carbocycles. The number of para-hydroxylation sites is 2. The van der Waals surface area contributed by atoms with Crippen LogP contribution in [0.5, 0.6) is 0 Å². The quantitative estimate of drug-likeness (QED) is 0.135. The van der Waals surface area contributed by atoms with E-state index >= 15 is 0 Å². The van der Waals surface area contributed by atoms with Crippen molar-refractivity contribution in [2.24, 2.45) is 0 Å². The second-order valence-electron chi connectivity index (χ2n) is 16.8. The third-order valence-electron chi connectivity index (χ3n) is 13.0. The van der Waals surface area contributed by atoms with E-state index in [0.717, 1.165) is 55.6 Å². The molecule has 12 rings (SSSR count). The molecule has 2 heteroatoms. The van der Waals surface area contributed by atoms with E-state index in [9.17, 15) is 0 Å². The van der Waals surface area contributed by atoms with Crippen LogP contribution >= 0.6 is 0 Å². The molecular weight excluding hydrogens is 787 g/mol. The Kier molecular flexibility index (Phi) is 9.61. The lowest BCUT2D eigenvalue weighted by Crippen LogP contribution is -2.18. The third kappa shape index (κ3) is 7.03. The predicted molar refractivity (Wildman–Crippen MR) is 275 cm³/mol. The number of rotatable bonds is 9. The lowest BCUT2D eigenvalue weighted by atomic mass is 9.91. The molecule has 0 bridgehead atoms. The lowest BCUT2D eigenvalue weighted by molar-refractivity contribution is 0.670. The van der Waals surface area contributed by atoms with E-state index in [0.29, 0.717) is 6.54 Å². The third-order valence-corrected chi connectivity index (χ3v) is 13.0. The topological polar surface area (TPSA) is 16.4 Å². The molecule has 0 amide bonds. The second kappa shape index (κ2) is 16.3. The summed E-state index contributed by atoms with van der Waals surface area (Å²) in [5, 5.41) is 7.24. The Morgan fingerprint density at radius 3 is 1.60 bits per heavy atom. The first kappa shape index (κ1) is 38.2. The van der Waals surface area contributed by atoms with Crippen molar-refractivity contribution in [2.45, 2.75) is 6.54 Å². The number of benzene rings is 11. The van der Waals surface area contributed by atoms with Gasteiger partial charge < -0.3 is 9.32 Å². The summed E-state index contributed by atoms with van der Waals surface area (Å²) in [7, 11) is 0. The van der Waals surface area contributed by atoms with E-state index in [1.54, 1.807) is 0 Å². The van der Waals surface area contributed by atoms with Crippen molar-refractivity contribution in [3.8, 4) is 55.6 Å². The Balaban J connectivity index is 1.04. The lowest BCUT2D eigenvalue weighted by Gasteiger charge is -2.30. The molecule has 12 aromatic rings. The molecule has 1 aromatic heterocycles. The summed E-state index contributed by atoms with van der Waals surface area (Å²) in [6.45, 7) is 0.611. The van der Waals surface area contributed by atoms with Gasteiger partial charge in [0.2, 0.25) is 0 Å². The number of anilines is 2. The van der Waals surface area contributed by atoms with Gasteiger partial charge in [-0.3, -0.25) is 0 Å². The van der Waals surface area contributed by atoms with Crippen molar-refractivity contribution in [3.05, 3.63) is 254 Å². The van der Waals surface area contributed by atoms with E-state index in [4.69, 9.17) is 4.42 Å². The van der Waals surface area contributed by atoms with E-state index in [2.05, 4.69) is 248 Å². The van der Waals surface area contributed by atoms with Gasteiger partial charge in [-0.15, -0.1) is 0 Å². The van der Waals surface area contributed by atoms with E-state index in [1.165, 1.54) is 60.5 Å². The average molecular weight is 830 g/mol. The van der Waals surface area contributed by atoms with Gasteiger partial charge in [0.05, 0.1) is 0 Å². The van der Waals surface area contributed by atoms with Crippen LogP contribution in [0.3, 0.4) is 0 Å². The number of fused-ring (bicyclic) bond motifs is 6. The summed E-state index contributed by atoms with van der Waals surface area (Å²) in [5.41, 5.74) is 17.0. The Morgan fingerprint density at radius 1 is 0.308 bits per heavy atom. The van der Waals surface area contributed by atoms with Crippen LogP contribution in [0.4, 0.5) is 11.4 Å². The van der Waals surface area contributed by atoms with Crippen LogP contribution in [0, 0.1) is 0 Å². The van der Waals surface area contributed by atoms with E-state index in [-0.39, 0.29) is 0 Å². The highest BCUT2D eigenvalue weighted by Gasteiger charge is 2.22. The zero-order valence-corrected chi connectivity index (χ0v) is 35.7. The molecule has 0 N–H and O–H groups in total. The summed E-state index contributed by atoms with van der Waals surface area (Å²) >= 11 is 0. The molecule has 1 heterocycles. The number of nitrogens with zero attached hydrogens (tertiary/aromatic N) is 1. The molecule has 2 nitrogen and oxygen atoms in total. The molecule has 65 heavy (non-hydrogen) atoms. The van der Waals surface area contributed by atoms with Crippen LogP contribution in [-0.4, -0.2) is 0 Å². The van der Waals surface area contributed by atoms with Crippen molar-refractivity contribution >= 4 is 54.9 Å². The minimum Gasteiger partial charge on any atom is -0.455 e. The molecule has 0 aliphatic carbocycles. The van der Waals surface area contributed by atoms with Crippen LogP contribution in [0.2, 0.25) is 0 Å². The molecule has 0 saturated heterocycles. The summed E-state index contributed by atoms with van der Waals surface area (Å²) in [4.78, 5) is 2.51. The molecule has 0 spiro atoms. The smallest absolute Gasteiger partial charge is 0.143 e. The van der Waals surface area contributed by atoms with Crippen molar-refractivity contribution in [2.75, 3.05) is 4.90 Å². The normalized spacial score (nSPS) is 11.4. The predicted octanol–water partition coefficient (Wildman–Crippen LogP) is 17.6. The van der Waals surface area contributed by atoms with Gasteiger partial charge in [-0.05, 0) is 102 Å². The van der Waals surface area contributed by atoms with Crippen molar-refractivity contribution in [1.29, 1.82) is 0 Å². The summed E-state index contributed by atoms with van der Waals surface area (Å²) < 4.78 is 6.65. The van der Waals surface area contributed by atoms with Crippen LogP contribution in [-0.2, 0) is 6.54 Å². The maximum atomic E-state index is 6.65. The van der Waals surface area contributed by atoms with Crippen LogP contribution in [0.1, 0.15) is 5.56 Å². The Bertz CT molecular complexity index is 3660. The van der Waals surface area contributed by atoms with Gasteiger partial charge in [-0.2, -0.15) is 0 Å². The van der Waals surface area contributed by atoms with Gasteiger partial charge in [0, 0.05) is 39.8 Å². The van der Waals surface area contributed by atoms with E-state index in [1.807, 2.05) is 6.07 Å². The summed E-state index contributed by atoms with van der Waals surface area (Å²) in [6.07, 6.45) is 0. The van der Waals surface area contributed by atoms with Crippen molar-refractivity contribution < 1.29 is 4.42 Å². The van der Waals surface area contributed by atoms with Crippen molar-refractivity contribution in [3.63, 3.8) is 0 Å². The van der Waals surface area contributed by atoms with Gasteiger partial charge >= 0.3 is 0 Å². The van der Waals surface area contributed by atoms with Gasteiger partial charge in [-0.1, -0.05) is 218 Å². The maximum absolute atomic E-state index is 6.65. The van der Waals surface area contributed by atoms with Crippen LogP contribution in [0.15, 0.2) is 253 Å². The van der Waals surface area contributed by atoms with Crippen LogP contribution in [0.25, 0.3) is 99.1 Å². The van der Waals surface area contributed by atoms with Crippen LogP contribution < -0.4 is 4.90 Å². The highest BCUT2D eigenvalue weighted by atomic mass is 16.3. The second-order valence-corrected chi connectivity index (χ2v) is 16.8.